The second kappa shape index (κ2) is 7.12. The standard InChI is InChI=1S/C16H18BrN5O2/c1-24-12-9-10(16(23)22-7-3-2-4-8-22)14(19-15(12)17)11-5-6-13(18)21-20-11/h5-6,9H,2-4,7-8H2,1H3,(H2,18,21). The van der Waals surface area contributed by atoms with E-state index in [2.05, 4.69) is 31.1 Å². The first-order chi connectivity index (χ1) is 11.6. The van der Waals surface area contributed by atoms with Crippen molar-refractivity contribution in [1.82, 2.24) is 20.1 Å². The van der Waals surface area contributed by atoms with Crippen molar-refractivity contribution >= 4 is 27.7 Å². The Labute approximate surface area is 148 Å². The summed E-state index contributed by atoms with van der Waals surface area (Å²) in [7, 11) is 1.54. The van der Waals surface area contributed by atoms with Gasteiger partial charge < -0.3 is 15.4 Å². The quantitative estimate of drug-likeness (QED) is 0.807. The number of nitrogens with two attached hydrogens (primary N) is 1. The number of carbonyl (C=O) groups is 1. The molecule has 3 rings (SSSR count). The van der Waals surface area contributed by atoms with Gasteiger partial charge in [0.25, 0.3) is 5.91 Å². The van der Waals surface area contributed by atoms with Gasteiger partial charge in [-0.1, -0.05) is 0 Å². The number of ether oxygens (including phenoxy) is 1. The first kappa shape index (κ1) is 16.6. The molecule has 1 saturated heterocycles. The zero-order chi connectivity index (χ0) is 17.1. The number of hydrogen-bond acceptors (Lipinski definition) is 6. The highest BCUT2D eigenvalue weighted by Gasteiger charge is 2.25. The van der Waals surface area contributed by atoms with Gasteiger partial charge in [-0.3, -0.25) is 4.79 Å². The predicted molar refractivity (Wildman–Crippen MR) is 93.7 cm³/mol. The molecule has 2 N–H and O–H groups in total. The number of nitrogens with zero attached hydrogens (tertiary/aromatic N) is 4. The first-order valence-electron chi connectivity index (χ1n) is 7.73. The number of likely N-dealkylation sites (tertiary alicyclic amines) is 1. The molecule has 8 heteroatoms. The van der Waals surface area contributed by atoms with E-state index >= 15 is 0 Å². The van der Waals surface area contributed by atoms with Crippen LogP contribution in [0.1, 0.15) is 29.6 Å². The largest absolute Gasteiger partial charge is 0.494 e. The lowest BCUT2D eigenvalue weighted by atomic mass is 10.1. The molecule has 1 aliphatic rings. The van der Waals surface area contributed by atoms with Gasteiger partial charge in [0.2, 0.25) is 0 Å². The van der Waals surface area contributed by atoms with Crippen LogP contribution in [0.4, 0.5) is 5.82 Å². The van der Waals surface area contributed by atoms with Crippen LogP contribution in [0, 0.1) is 0 Å². The van der Waals surface area contributed by atoms with Crippen LogP contribution in [0.5, 0.6) is 5.75 Å². The van der Waals surface area contributed by atoms with Crippen molar-refractivity contribution in [2.24, 2.45) is 0 Å². The van der Waals surface area contributed by atoms with Gasteiger partial charge in [-0.25, -0.2) is 4.98 Å². The van der Waals surface area contributed by atoms with E-state index in [1.807, 2.05) is 4.90 Å². The summed E-state index contributed by atoms with van der Waals surface area (Å²) in [6, 6.07) is 5.04. The average molecular weight is 392 g/mol. The molecule has 1 fully saturated rings. The van der Waals surface area contributed by atoms with Crippen LogP contribution in [0.25, 0.3) is 11.4 Å². The Balaban J connectivity index is 2.07. The highest BCUT2D eigenvalue weighted by Crippen LogP contribution is 2.31. The number of carbonyl (C=O) groups excluding carboxylic acids is 1. The maximum Gasteiger partial charge on any atom is 0.256 e. The maximum absolute atomic E-state index is 13.0. The molecule has 0 unspecified atom stereocenters. The molecular formula is C16H18BrN5O2. The molecule has 24 heavy (non-hydrogen) atoms. The summed E-state index contributed by atoms with van der Waals surface area (Å²) in [5.74, 6) is 0.749. The third-order valence-corrected chi connectivity index (χ3v) is 4.53. The molecule has 2 aromatic heterocycles. The minimum atomic E-state index is -0.0679. The van der Waals surface area contributed by atoms with Gasteiger partial charge in [-0.05, 0) is 53.4 Å². The fourth-order valence-corrected chi connectivity index (χ4v) is 3.16. The number of hydrogen-bond donors (Lipinski definition) is 1. The summed E-state index contributed by atoms with van der Waals surface area (Å²) in [6.45, 7) is 1.51. The number of rotatable bonds is 3. The SMILES string of the molecule is COc1cc(C(=O)N2CCCCC2)c(-c2ccc(N)nn2)nc1Br. The Morgan fingerprint density at radius 2 is 2.00 bits per heavy atom. The van der Waals surface area contributed by atoms with Crippen molar-refractivity contribution in [3.63, 3.8) is 0 Å². The Hall–Kier alpha value is -2.22. The van der Waals surface area contributed by atoms with Crippen LogP contribution >= 0.6 is 15.9 Å². The fraction of sp³-hybridized carbons (Fsp3) is 0.375. The first-order valence-corrected chi connectivity index (χ1v) is 8.53. The number of amides is 1. The van der Waals surface area contributed by atoms with Gasteiger partial charge in [-0.15, -0.1) is 10.2 Å². The number of piperidine rings is 1. The molecule has 3 heterocycles. The van der Waals surface area contributed by atoms with Gasteiger partial charge in [0.05, 0.1) is 12.7 Å². The van der Waals surface area contributed by atoms with Crippen molar-refractivity contribution < 1.29 is 9.53 Å². The van der Waals surface area contributed by atoms with Gasteiger partial charge >= 0.3 is 0 Å². The topological polar surface area (TPSA) is 94.2 Å². The Morgan fingerprint density at radius 1 is 1.25 bits per heavy atom. The minimum Gasteiger partial charge on any atom is -0.494 e. The third kappa shape index (κ3) is 3.33. The second-order valence-corrected chi connectivity index (χ2v) is 6.33. The van der Waals surface area contributed by atoms with Crippen molar-refractivity contribution in [2.45, 2.75) is 19.3 Å². The van der Waals surface area contributed by atoms with E-state index in [1.165, 1.54) is 0 Å². The van der Waals surface area contributed by atoms with Crippen molar-refractivity contribution in [3.8, 4) is 17.1 Å². The third-order valence-electron chi connectivity index (χ3n) is 3.97. The lowest BCUT2D eigenvalue weighted by Gasteiger charge is -2.27. The van der Waals surface area contributed by atoms with E-state index in [9.17, 15) is 4.79 Å². The van der Waals surface area contributed by atoms with Crippen LogP contribution in [0.3, 0.4) is 0 Å². The van der Waals surface area contributed by atoms with E-state index in [1.54, 1.807) is 25.3 Å². The number of pyridine rings is 1. The fourth-order valence-electron chi connectivity index (χ4n) is 2.71. The van der Waals surface area contributed by atoms with E-state index < -0.39 is 0 Å². The average Bonchev–Trinajstić information content (AvgIpc) is 2.62. The van der Waals surface area contributed by atoms with Crippen molar-refractivity contribution in [2.75, 3.05) is 25.9 Å². The van der Waals surface area contributed by atoms with Gasteiger partial charge in [0.15, 0.2) is 5.75 Å². The number of aromatic nitrogens is 3. The van der Waals surface area contributed by atoms with Crippen molar-refractivity contribution in [1.29, 1.82) is 0 Å². The highest BCUT2D eigenvalue weighted by atomic mass is 79.9. The molecule has 0 atom stereocenters. The smallest absolute Gasteiger partial charge is 0.256 e. The molecule has 0 spiro atoms. The van der Waals surface area contributed by atoms with E-state index in [0.717, 1.165) is 32.4 Å². The zero-order valence-corrected chi connectivity index (χ0v) is 14.9. The Morgan fingerprint density at radius 3 is 2.62 bits per heavy atom. The number of nitrogen functional groups attached to an aromatic ring is 1. The molecule has 7 nitrogen and oxygen atoms in total. The van der Waals surface area contributed by atoms with Crippen molar-refractivity contribution in [3.05, 3.63) is 28.4 Å². The van der Waals surface area contributed by atoms with Gasteiger partial charge in [-0.2, -0.15) is 0 Å². The molecule has 1 amide bonds. The minimum absolute atomic E-state index is 0.0679. The second-order valence-electron chi connectivity index (χ2n) is 5.57. The summed E-state index contributed by atoms with van der Waals surface area (Å²) < 4.78 is 5.81. The van der Waals surface area contributed by atoms with E-state index in [-0.39, 0.29) is 5.91 Å². The molecule has 0 bridgehead atoms. The summed E-state index contributed by atoms with van der Waals surface area (Å²) in [6.07, 6.45) is 3.19. The molecule has 1 aliphatic heterocycles. The molecule has 0 saturated carbocycles. The summed E-state index contributed by atoms with van der Waals surface area (Å²) in [5, 5.41) is 7.92. The van der Waals surface area contributed by atoms with Crippen LogP contribution in [0.2, 0.25) is 0 Å². The van der Waals surface area contributed by atoms with Gasteiger partial charge in [0, 0.05) is 13.1 Å². The lowest BCUT2D eigenvalue weighted by Crippen LogP contribution is -2.36. The predicted octanol–water partition coefficient (Wildman–Crippen LogP) is 2.52. The Kier molecular flexibility index (Phi) is 4.94. The number of methoxy groups -OCH3 is 1. The summed E-state index contributed by atoms with van der Waals surface area (Å²) >= 11 is 3.36. The molecule has 0 radical (unpaired) electrons. The monoisotopic (exact) mass is 391 g/mol. The summed E-state index contributed by atoms with van der Waals surface area (Å²) in [5.41, 5.74) is 7.01. The maximum atomic E-state index is 13.0. The van der Waals surface area contributed by atoms with Crippen LogP contribution in [0.15, 0.2) is 22.8 Å². The van der Waals surface area contributed by atoms with Crippen LogP contribution < -0.4 is 10.5 Å². The highest BCUT2D eigenvalue weighted by molar-refractivity contribution is 9.10. The summed E-state index contributed by atoms with van der Waals surface area (Å²) in [4.78, 5) is 19.3. The molecule has 2 aromatic rings. The normalized spacial score (nSPS) is 14.5. The molecule has 0 aromatic carbocycles. The lowest BCUT2D eigenvalue weighted by molar-refractivity contribution is 0.0724. The van der Waals surface area contributed by atoms with Crippen LogP contribution in [-0.4, -0.2) is 46.2 Å². The molecule has 0 aliphatic carbocycles. The van der Waals surface area contributed by atoms with Crippen LogP contribution in [-0.2, 0) is 0 Å². The Bertz CT molecular complexity index is 745. The molecule has 126 valence electrons. The molecular weight excluding hydrogens is 374 g/mol. The number of halogens is 1. The number of anilines is 1. The zero-order valence-electron chi connectivity index (χ0n) is 13.3. The van der Waals surface area contributed by atoms with E-state index in [4.69, 9.17) is 10.5 Å². The van der Waals surface area contributed by atoms with Gasteiger partial charge in [0.1, 0.15) is 21.8 Å². The van der Waals surface area contributed by atoms with E-state index in [0.29, 0.717) is 33.1 Å².